The van der Waals surface area contributed by atoms with Crippen LogP contribution >= 0.6 is 23.2 Å². The Labute approximate surface area is 184 Å². The fourth-order valence-corrected chi connectivity index (χ4v) is 4.78. The van der Waals surface area contributed by atoms with Crippen molar-refractivity contribution in [3.63, 3.8) is 0 Å². The number of hydrogen-bond acceptors (Lipinski definition) is 4. The molecule has 2 N–H and O–H groups in total. The highest BCUT2D eigenvalue weighted by molar-refractivity contribution is 6.35. The molecule has 2 aromatic carbocycles. The summed E-state index contributed by atoms with van der Waals surface area (Å²) < 4.78 is 2.19. The molecule has 30 heavy (non-hydrogen) atoms. The van der Waals surface area contributed by atoms with Gasteiger partial charge < -0.3 is 15.0 Å². The minimum atomic E-state index is 0.201. The second-order valence-corrected chi connectivity index (χ2v) is 8.64. The third kappa shape index (κ3) is 3.51. The Morgan fingerprint density at radius 2 is 1.87 bits per heavy atom. The molecule has 0 spiro atoms. The van der Waals surface area contributed by atoms with Crippen molar-refractivity contribution in [3.8, 4) is 17.1 Å². The summed E-state index contributed by atoms with van der Waals surface area (Å²) in [6.07, 6.45) is 3.40. The maximum absolute atomic E-state index is 10.5. The summed E-state index contributed by atoms with van der Waals surface area (Å²) in [6, 6.07) is 13.0. The Balaban J connectivity index is 1.72. The summed E-state index contributed by atoms with van der Waals surface area (Å²) in [5.74, 6) is 1.58. The molecule has 1 saturated heterocycles. The fourth-order valence-electron chi connectivity index (χ4n) is 4.39. The molecule has 0 radical (unpaired) electrons. The SMILES string of the molecule is Oc1ccccc1-c1nc2c(Cl)nc3cc(Cl)ccc3c2n1CCC1CCNCC1. The van der Waals surface area contributed by atoms with Crippen LogP contribution in [0.2, 0.25) is 10.2 Å². The number of piperidine rings is 1. The van der Waals surface area contributed by atoms with E-state index in [-0.39, 0.29) is 5.75 Å². The van der Waals surface area contributed by atoms with Gasteiger partial charge in [0, 0.05) is 17.0 Å². The van der Waals surface area contributed by atoms with Gasteiger partial charge in [-0.2, -0.15) is 0 Å². The van der Waals surface area contributed by atoms with Crippen LogP contribution < -0.4 is 5.32 Å². The number of rotatable bonds is 4. The van der Waals surface area contributed by atoms with E-state index in [1.165, 1.54) is 12.8 Å². The van der Waals surface area contributed by atoms with E-state index in [9.17, 15) is 5.11 Å². The van der Waals surface area contributed by atoms with Crippen LogP contribution in [0, 0.1) is 5.92 Å². The number of nitrogens with zero attached hydrogens (tertiary/aromatic N) is 3. The first-order chi connectivity index (χ1) is 14.6. The minimum absolute atomic E-state index is 0.201. The molecule has 0 saturated carbocycles. The van der Waals surface area contributed by atoms with Crippen LogP contribution in [-0.4, -0.2) is 32.7 Å². The van der Waals surface area contributed by atoms with Crippen molar-refractivity contribution >= 4 is 45.1 Å². The van der Waals surface area contributed by atoms with Gasteiger partial charge in [0.25, 0.3) is 0 Å². The standard InChI is InChI=1S/C23H22Cl2N4O/c24-15-5-6-16-18(13-15)27-22(25)20-21(16)29(12-9-14-7-10-26-11-8-14)23(28-20)17-3-1-2-4-19(17)30/h1-6,13-14,26,30H,7-12H2. The first-order valence-electron chi connectivity index (χ1n) is 10.3. The van der Waals surface area contributed by atoms with Crippen molar-refractivity contribution in [1.29, 1.82) is 0 Å². The summed E-state index contributed by atoms with van der Waals surface area (Å²) in [5.41, 5.74) is 3.02. The molecular weight excluding hydrogens is 419 g/mol. The lowest BCUT2D eigenvalue weighted by Crippen LogP contribution is -2.28. The fraction of sp³-hybridized carbons (Fsp3) is 0.304. The molecule has 1 aliphatic rings. The highest BCUT2D eigenvalue weighted by Crippen LogP contribution is 2.37. The van der Waals surface area contributed by atoms with Crippen LogP contribution in [0.1, 0.15) is 19.3 Å². The van der Waals surface area contributed by atoms with E-state index >= 15 is 0 Å². The summed E-state index contributed by atoms with van der Waals surface area (Å²) in [7, 11) is 0. The second-order valence-electron chi connectivity index (χ2n) is 7.85. The highest BCUT2D eigenvalue weighted by atomic mass is 35.5. The van der Waals surface area contributed by atoms with E-state index < -0.39 is 0 Å². The molecule has 5 nitrogen and oxygen atoms in total. The van der Waals surface area contributed by atoms with Crippen LogP contribution in [-0.2, 0) is 6.54 Å². The van der Waals surface area contributed by atoms with Crippen molar-refractivity contribution in [2.75, 3.05) is 13.1 Å². The van der Waals surface area contributed by atoms with Crippen molar-refractivity contribution < 1.29 is 5.11 Å². The first-order valence-corrected chi connectivity index (χ1v) is 11.0. The van der Waals surface area contributed by atoms with Gasteiger partial charge in [0.2, 0.25) is 0 Å². The van der Waals surface area contributed by atoms with Gasteiger partial charge in [-0.15, -0.1) is 0 Å². The Morgan fingerprint density at radius 3 is 2.67 bits per heavy atom. The molecule has 154 valence electrons. The van der Waals surface area contributed by atoms with Gasteiger partial charge in [-0.05, 0) is 68.6 Å². The molecular formula is C23H22Cl2N4O. The van der Waals surface area contributed by atoms with Crippen LogP contribution in [0.5, 0.6) is 5.75 Å². The molecule has 3 heterocycles. The zero-order chi connectivity index (χ0) is 20.7. The largest absolute Gasteiger partial charge is 0.507 e. The van der Waals surface area contributed by atoms with E-state index in [0.29, 0.717) is 33.0 Å². The molecule has 1 fully saturated rings. The van der Waals surface area contributed by atoms with Gasteiger partial charge in [0.1, 0.15) is 17.1 Å². The number of aromatic hydroxyl groups is 1. The van der Waals surface area contributed by atoms with Crippen molar-refractivity contribution in [3.05, 3.63) is 52.6 Å². The number of halogens is 2. The third-order valence-electron chi connectivity index (χ3n) is 5.96. The number of phenolic OH excluding ortho intramolecular Hbond substituents is 1. The average Bonchev–Trinajstić information content (AvgIpc) is 3.13. The van der Waals surface area contributed by atoms with Crippen molar-refractivity contribution in [1.82, 2.24) is 19.9 Å². The lowest BCUT2D eigenvalue weighted by Gasteiger charge is -2.23. The van der Waals surface area contributed by atoms with Gasteiger partial charge in [0.15, 0.2) is 5.15 Å². The summed E-state index contributed by atoms with van der Waals surface area (Å²) in [4.78, 5) is 9.36. The topological polar surface area (TPSA) is 63.0 Å². The molecule has 5 rings (SSSR count). The number of hydrogen-bond donors (Lipinski definition) is 2. The number of para-hydroxylation sites is 1. The molecule has 0 amide bonds. The van der Waals surface area contributed by atoms with E-state index in [0.717, 1.165) is 42.5 Å². The van der Waals surface area contributed by atoms with Gasteiger partial charge in [0.05, 0.1) is 16.6 Å². The van der Waals surface area contributed by atoms with Crippen LogP contribution in [0.25, 0.3) is 33.3 Å². The molecule has 2 aromatic heterocycles. The normalized spacial score (nSPS) is 15.3. The lowest BCUT2D eigenvalue weighted by atomic mass is 9.94. The summed E-state index contributed by atoms with van der Waals surface area (Å²) in [6.45, 7) is 2.93. The number of aryl methyl sites for hydroxylation is 1. The summed E-state index contributed by atoms with van der Waals surface area (Å²) >= 11 is 12.8. The van der Waals surface area contributed by atoms with Crippen LogP contribution in [0.4, 0.5) is 0 Å². The van der Waals surface area contributed by atoms with E-state index in [4.69, 9.17) is 28.2 Å². The number of phenols is 1. The molecule has 1 aliphatic heterocycles. The molecule has 7 heteroatoms. The van der Waals surface area contributed by atoms with Crippen LogP contribution in [0.3, 0.4) is 0 Å². The quantitative estimate of drug-likeness (QED) is 0.402. The Hall–Kier alpha value is -2.34. The van der Waals surface area contributed by atoms with Crippen molar-refractivity contribution in [2.24, 2.45) is 5.92 Å². The van der Waals surface area contributed by atoms with Gasteiger partial charge >= 0.3 is 0 Å². The third-order valence-corrected chi connectivity index (χ3v) is 6.46. The second kappa shape index (κ2) is 8.06. The van der Waals surface area contributed by atoms with Gasteiger partial charge in [-0.1, -0.05) is 35.3 Å². The predicted molar refractivity (Wildman–Crippen MR) is 122 cm³/mol. The molecule has 0 atom stereocenters. The number of benzene rings is 2. The molecule has 0 unspecified atom stereocenters. The van der Waals surface area contributed by atoms with Crippen LogP contribution in [0.15, 0.2) is 42.5 Å². The average molecular weight is 441 g/mol. The van der Waals surface area contributed by atoms with Crippen molar-refractivity contribution in [2.45, 2.75) is 25.8 Å². The predicted octanol–water partition coefficient (Wildman–Crippen LogP) is 5.65. The monoisotopic (exact) mass is 440 g/mol. The van der Waals surface area contributed by atoms with E-state index in [1.807, 2.05) is 36.4 Å². The minimum Gasteiger partial charge on any atom is -0.507 e. The Morgan fingerprint density at radius 1 is 1.07 bits per heavy atom. The summed E-state index contributed by atoms with van der Waals surface area (Å²) in [5, 5.41) is 15.9. The maximum atomic E-state index is 10.5. The number of imidazole rings is 1. The molecule has 4 aromatic rings. The molecule has 0 aliphatic carbocycles. The van der Waals surface area contributed by atoms with E-state index in [2.05, 4.69) is 14.9 Å². The number of aromatic nitrogens is 3. The number of pyridine rings is 1. The maximum Gasteiger partial charge on any atom is 0.157 e. The lowest BCUT2D eigenvalue weighted by molar-refractivity contribution is 0.340. The number of fused-ring (bicyclic) bond motifs is 3. The zero-order valence-electron chi connectivity index (χ0n) is 16.4. The smallest absolute Gasteiger partial charge is 0.157 e. The first kappa shape index (κ1) is 19.6. The van der Waals surface area contributed by atoms with Gasteiger partial charge in [-0.25, -0.2) is 9.97 Å². The Kier molecular flexibility index (Phi) is 5.27. The van der Waals surface area contributed by atoms with E-state index in [1.54, 1.807) is 6.07 Å². The molecule has 0 bridgehead atoms. The highest BCUT2D eigenvalue weighted by Gasteiger charge is 2.22. The number of nitrogens with one attached hydrogen (secondary N) is 1. The van der Waals surface area contributed by atoms with Gasteiger partial charge in [-0.3, -0.25) is 0 Å². The Bertz CT molecular complexity index is 1230. The zero-order valence-corrected chi connectivity index (χ0v) is 17.9.